The van der Waals surface area contributed by atoms with Crippen molar-refractivity contribution in [2.45, 2.75) is 19.0 Å². The van der Waals surface area contributed by atoms with Crippen LogP contribution in [-0.4, -0.2) is 17.2 Å². The summed E-state index contributed by atoms with van der Waals surface area (Å²) < 4.78 is 0. The first kappa shape index (κ1) is 11.6. The normalized spacial score (nSPS) is 24.7. The Morgan fingerprint density at radius 2 is 2.00 bits per heavy atom. The van der Waals surface area contributed by atoms with Gasteiger partial charge in [0.25, 0.3) is 0 Å². The summed E-state index contributed by atoms with van der Waals surface area (Å²) >= 11 is 11.1. The SMILES string of the molecule is CCC1(c2ccc(Cl)cc2)NC(=S)N(C)N1. The molecule has 1 aromatic rings. The van der Waals surface area contributed by atoms with Crippen LogP contribution in [0.5, 0.6) is 0 Å². The number of halogens is 1. The molecule has 3 nitrogen and oxygen atoms in total. The molecule has 1 heterocycles. The van der Waals surface area contributed by atoms with Crippen molar-refractivity contribution in [2.24, 2.45) is 0 Å². The average molecular weight is 256 g/mol. The second-order valence-electron chi connectivity index (χ2n) is 3.87. The first-order valence-electron chi connectivity index (χ1n) is 5.17. The lowest BCUT2D eigenvalue weighted by Crippen LogP contribution is -2.47. The van der Waals surface area contributed by atoms with Crippen molar-refractivity contribution in [1.29, 1.82) is 0 Å². The molecule has 0 amide bonds. The fourth-order valence-corrected chi connectivity index (χ4v) is 2.22. The summed E-state index contributed by atoms with van der Waals surface area (Å²) in [4.78, 5) is 0. The van der Waals surface area contributed by atoms with E-state index in [9.17, 15) is 0 Å². The molecule has 2 rings (SSSR count). The Morgan fingerprint density at radius 3 is 2.44 bits per heavy atom. The van der Waals surface area contributed by atoms with Crippen molar-refractivity contribution < 1.29 is 0 Å². The molecule has 0 saturated carbocycles. The zero-order chi connectivity index (χ0) is 11.8. The van der Waals surface area contributed by atoms with E-state index in [4.69, 9.17) is 23.8 Å². The molecule has 1 aliphatic rings. The first-order chi connectivity index (χ1) is 7.57. The highest BCUT2D eigenvalue weighted by molar-refractivity contribution is 7.80. The summed E-state index contributed by atoms with van der Waals surface area (Å²) in [7, 11) is 1.91. The Bertz CT molecular complexity index is 406. The van der Waals surface area contributed by atoms with Crippen LogP contribution < -0.4 is 10.7 Å². The van der Waals surface area contributed by atoms with Crippen molar-refractivity contribution >= 4 is 28.9 Å². The fraction of sp³-hybridized carbons (Fsp3) is 0.364. The molecular weight excluding hydrogens is 242 g/mol. The van der Waals surface area contributed by atoms with Gasteiger partial charge < -0.3 is 5.32 Å². The zero-order valence-corrected chi connectivity index (χ0v) is 10.8. The average Bonchev–Trinajstić information content (AvgIpc) is 2.57. The number of hydrazine groups is 1. The number of rotatable bonds is 2. The maximum Gasteiger partial charge on any atom is 0.185 e. The van der Waals surface area contributed by atoms with Crippen LogP contribution in [-0.2, 0) is 5.66 Å². The van der Waals surface area contributed by atoms with E-state index >= 15 is 0 Å². The van der Waals surface area contributed by atoms with Gasteiger partial charge in [-0.3, -0.25) is 5.01 Å². The third kappa shape index (κ3) is 1.88. The molecule has 0 spiro atoms. The fourth-order valence-electron chi connectivity index (χ4n) is 1.87. The smallest absolute Gasteiger partial charge is 0.185 e. The van der Waals surface area contributed by atoms with Gasteiger partial charge in [-0.15, -0.1) is 0 Å². The minimum atomic E-state index is -0.309. The minimum absolute atomic E-state index is 0.309. The Balaban J connectivity index is 2.36. The molecule has 0 bridgehead atoms. The monoisotopic (exact) mass is 255 g/mol. The molecule has 5 heteroatoms. The summed E-state index contributed by atoms with van der Waals surface area (Å²) in [5, 5.41) is 6.58. The standard InChI is InChI=1S/C11H14ClN3S/c1-3-11(13-10(16)15(2)14-11)8-4-6-9(12)7-5-8/h4-7,14H,3H2,1-2H3,(H,13,16). The van der Waals surface area contributed by atoms with Gasteiger partial charge in [0.05, 0.1) is 0 Å². The molecule has 0 radical (unpaired) electrons. The number of thiocarbonyl (C=S) groups is 1. The second-order valence-corrected chi connectivity index (χ2v) is 4.69. The van der Waals surface area contributed by atoms with Gasteiger partial charge in [0.1, 0.15) is 5.66 Å². The first-order valence-corrected chi connectivity index (χ1v) is 5.96. The molecule has 1 unspecified atom stereocenters. The van der Waals surface area contributed by atoms with E-state index in [-0.39, 0.29) is 5.66 Å². The summed E-state index contributed by atoms with van der Waals surface area (Å²) in [6, 6.07) is 7.79. The van der Waals surface area contributed by atoms with Gasteiger partial charge >= 0.3 is 0 Å². The molecule has 1 fully saturated rings. The van der Waals surface area contributed by atoms with Gasteiger partial charge in [-0.05, 0) is 36.3 Å². The van der Waals surface area contributed by atoms with Crippen LogP contribution >= 0.6 is 23.8 Å². The number of benzene rings is 1. The van der Waals surface area contributed by atoms with Crippen LogP contribution in [0.4, 0.5) is 0 Å². The number of hydrogen-bond acceptors (Lipinski definition) is 2. The molecule has 1 atom stereocenters. The Morgan fingerprint density at radius 1 is 1.38 bits per heavy atom. The number of hydrogen-bond donors (Lipinski definition) is 2. The maximum absolute atomic E-state index is 5.89. The molecule has 1 aliphatic heterocycles. The zero-order valence-electron chi connectivity index (χ0n) is 9.25. The lowest BCUT2D eigenvalue weighted by molar-refractivity contribution is 0.236. The van der Waals surface area contributed by atoms with Crippen molar-refractivity contribution in [3.05, 3.63) is 34.9 Å². The van der Waals surface area contributed by atoms with Crippen molar-refractivity contribution in [1.82, 2.24) is 15.8 Å². The van der Waals surface area contributed by atoms with Gasteiger partial charge in [-0.2, -0.15) is 0 Å². The molecule has 86 valence electrons. The van der Waals surface area contributed by atoms with E-state index in [1.54, 1.807) is 0 Å². The molecular formula is C11H14ClN3S. The quantitative estimate of drug-likeness (QED) is 0.793. The summed E-state index contributed by atoms with van der Waals surface area (Å²) in [6.45, 7) is 2.11. The lowest BCUT2D eigenvalue weighted by Gasteiger charge is -2.28. The minimum Gasteiger partial charge on any atom is -0.338 e. The topological polar surface area (TPSA) is 27.3 Å². The third-order valence-electron chi connectivity index (χ3n) is 2.85. The van der Waals surface area contributed by atoms with Crippen LogP contribution in [0.15, 0.2) is 24.3 Å². The van der Waals surface area contributed by atoms with E-state index in [1.807, 2.05) is 36.3 Å². The van der Waals surface area contributed by atoms with E-state index < -0.39 is 0 Å². The highest BCUT2D eigenvalue weighted by Crippen LogP contribution is 2.27. The van der Waals surface area contributed by atoms with E-state index in [1.165, 1.54) is 0 Å². The highest BCUT2D eigenvalue weighted by atomic mass is 35.5. The molecule has 0 aromatic heterocycles. The van der Waals surface area contributed by atoms with Crippen LogP contribution in [0.25, 0.3) is 0 Å². The molecule has 1 saturated heterocycles. The number of nitrogens with one attached hydrogen (secondary N) is 2. The van der Waals surface area contributed by atoms with Crippen LogP contribution in [0.3, 0.4) is 0 Å². The summed E-state index contributed by atoms with van der Waals surface area (Å²) in [6.07, 6.45) is 0.888. The summed E-state index contributed by atoms with van der Waals surface area (Å²) in [5.74, 6) is 0. The lowest BCUT2D eigenvalue weighted by atomic mass is 9.98. The van der Waals surface area contributed by atoms with E-state index in [0.717, 1.165) is 17.0 Å². The van der Waals surface area contributed by atoms with Gasteiger partial charge in [-0.1, -0.05) is 30.7 Å². The van der Waals surface area contributed by atoms with Crippen LogP contribution in [0, 0.1) is 0 Å². The second kappa shape index (κ2) is 4.20. The van der Waals surface area contributed by atoms with Gasteiger partial charge in [0.2, 0.25) is 0 Å². The largest absolute Gasteiger partial charge is 0.338 e. The molecule has 0 aliphatic carbocycles. The van der Waals surface area contributed by atoms with Gasteiger partial charge in [0.15, 0.2) is 5.11 Å². The van der Waals surface area contributed by atoms with E-state index in [2.05, 4.69) is 17.7 Å². The maximum atomic E-state index is 5.89. The highest BCUT2D eigenvalue weighted by Gasteiger charge is 2.38. The van der Waals surface area contributed by atoms with Crippen molar-refractivity contribution in [3.63, 3.8) is 0 Å². The molecule has 1 aromatic carbocycles. The molecule has 2 N–H and O–H groups in total. The Kier molecular flexibility index (Phi) is 3.06. The van der Waals surface area contributed by atoms with Crippen LogP contribution in [0.1, 0.15) is 18.9 Å². The predicted molar refractivity (Wildman–Crippen MR) is 70.1 cm³/mol. The predicted octanol–water partition coefficient (Wildman–Crippen LogP) is 2.23. The Labute approximate surface area is 106 Å². The third-order valence-corrected chi connectivity index (χ3v) is 3.48. The van der Waals surface area contributed by atoms with Crippen molar-refractivity contribution in [3.8, 4) is 0 Å². The Hall–Kier alpha value is -0.840. The van der Waals surface area contributed by atoms with Gasteiger partial charge in [0, 0.05) is 12.1 Å². The van der Waals surface area contributed by atoms with E-state index in [0.29, 0.717) is 5.11 Å². The van der Waals surface area contributed by atoms with Crippen molar-refractivity contribution in [2.75, 3.05) is 7.05 Å². The number of nitrogens with zero attached hydrogens (tertiary/aromatic N) is 1. The summed E-state index contributed by atoms with van der Waals surface area (Å²) in [5.41, 5.74) is 4.16. The molecule has 16 heavy (non-hydrogen) atoms. The van der Waals surface area contributed by atoms with Crippen LogP contribution in [0.2, 0.25) is 5.02 Å². The van der Waals surface area contributed by atoms with Gasteiger partial charge in [-0.25, -0.2) is 5.43 Å².